The molecule has 0 nitrogen and oxygen atoms in total. The highest BCUT2D eigenvalue weighted by Crippen LogP contribution is 2.30. The first-order valence-electron chi connectivity index (χ1n) is 5.71. The highest BCUT2D eigenvalue weighted by Gasteiger charge is 2.16. The van der Waals surface area contributed by atoms with Gasteiger partial charge >= 0.3 is 0 Å². The number of rotatable bonds is 2. The molecule has 0 aliphatic carbocycles. The van der Waals surface area contributed by atoms with Crippen molar-refractivity contribution >= 4 is 11.6 Å². The lowest BCUT2D eigenvalue weighted by Gasteiger charge is -2.22. The average molecular weight is 214 g/mol. The minimum absolute atomic E-state index is 0.177. The molecule has 1 aromatic rings. The van der Waals surface area contributed by atoms with Crippen molar-refractivity contribution in [3.8, 4) is 0 Å². The van der Waals surface area contributed by atoms with E-state index < -0.39 is 0 Å². The van der Waals surface area contributed by atoms with E-state index in [0.29, 0.717) is 0 Å². The normalized spacial score (nSPS) is 11.3. The molecule has 0 fully saturated rings. The molecule has 0 atom stereocenters. The maximum absolute atomic E-state index is 4.04. The summed E-state index contributed by atoms with van der Waals surface area (Å²) in [6.45, 7) is 18.8. The van der Waals surface area contributed by atoms with Gasteiger partial charge in [0, 0.05) is 0 Å². The van der Waals surface area contributed by atoms with Crippen molar-refractivity contribution in [2.24, 2.45) is 0 Å². The molecule has 0 amide bonds. The lowest BCUT2D eigenvalue weighted by molar-refractivity contribution is 0.589. The number of hydrogen-bond acceptors (Lipinski definition) is 0. The summed E-state index contributed by atoms with van der Waals surface area (Å²) in [6, 6.07) is 4.49. The van der Waals surface area contributed by atoms with Gasteiger partial charge in [-0.15, -0.1) is 0 Å². The predicted octanol–water partition coefficient (Wildman–Crippen LogP) is 4.97. The van der Waals surface area contributed by atoms with Crippen molar-refractivity contribution in [2.75, 3.05) is 0 Å². The molecule has 0 aliphatic heterocycles. The monoisotopic (exact) mass is 214 g/mol. The summed E-state index contributed by atoms with van der Waals surface area (Å²) in [5.41, 5.74) is 6.35. The van der Waals surface area contributed by atoms with E-state index in [0.717, 1.165) is 5.57 Å². The second-order valence-electron chi connectivity index (χ2n) is 5.49. The second-order valence-corrected chi connectivity index (χ2v) is 5.49. The summed E-state index contributed by atoms with van der Waals surface area (Å²) >= 11 is 0. The van der Waals surface area contributed by atoms with E-state index in [-0.39, 0.29) is 5.41 Å². The maximum Gasteiger partial charge on any atom is -0.0131 e. The molecule has 86 valence electrons. The molecule has 0 bridgehead atoms. The van der Waals surface area contributed by atoms with Crippen LogP contribution < -0.4 is 0 Å². The fourth-order valence-corrected chi connectivity index (χ4v) is 1.99. The minimum Gasteiger partial charge on any atom is -0.0984 e. The molecule has 0 heterocycles. The largest absolute Gasteiger partial charge is 0.0984 e. The van der Waals surface area contributed by atoms with E-state index in [2.05, 4.69) is 53.0 Å². The van der Waals surface area contributed by atoms with Gasteiger partial charge in [-0.05, 0) is 41.5 Å². The minimum atomic E-state index is 0.177. The van der Waals surface area contributed by atoms with Gasteiger partial charge in [-0.25, -0.2) is 0 Å². The van der Waals surface area contributed by atoms with Gasteiger partial charge < -0.3 is 0 Å². The molecular weight excluding hydrogens is 192 g/mol. The number of hydrogen-bond donors (Lipinski definition) is 0. The van der Waals surface area contributed by atoms with Crippen molar-refractivity contribution in [3.63, 3.8) is 0 Å². The van der Waals surface area contributed by atoms with Crippen LogP contribution in [0.5, 0.6) is 0 Å². The van der Waals surface area contributed by atoms with Crippen molar-refractivity contribution in [1.29, 1.82) is 0 Å². The van der Waals surface area contributed by atoms with Crippen LogP contribution in [0.15, 0.2) is 25.3 Å². The number of aryl methyl sites for hydroxylation is 1. The predicted molar refractivity (Wildman–Crippen MR) is 74.7 cm³/mol. The zero-order valence-corrected chi connectivity index (χ0v) is 11.1. The van der Waals surface area contributed by atoms with Crippen LogP contribution in [0.25, 0.3) is 11.6 Å². The van der Waals surface area contributed by atoms with Gasteiger partial charge in [0.15, 0.2) is 0 Å². The average Bonchev–Trinajstić information content (AvgIpc) is 2.14. The third-order valence-corrected chi connectivity index (χ3v) is 2.88. The Morgan fingerprint density at radius 3 is 2.19 bits per heavy atom. The highest BCUT2D eigenvalue weighted by atomic mass is 14.2. The Labute approximate surface area is 99.7 Å². The first-order chi connectivity index (χ1) is 7.27. The molecule has 0 spiro atoms. The topological polar surface area (TPSA) is 0 Å². The van der Waals surface area contributed by atoms with E-state index in [4.69, 9.17) is 0 Å². The molecular formula is C16H22. The summed E-state index contributed by atoms with van der Waals surface area (Å²) in [4.78, 5) is 0. The lowest BCUT2D eigenvalue weighted by Crippen LogP contribution is -2.12. The smallest absolute Gasteiger partial charge is 0.0131 e. The molecule has 0 aliphatic rings. The highest BCUT2D eigenvalue weighted by molar-refractivity contribution is 5.74. The van der Waals surface area contributed by atoms with Gasteiger partial charge in [0.05, 0.1) is 0 Å². The molecule has 0 saturated carbocycles. The molecule has 0 unspecified atom stereocenters. The summed E-state index contributed by atoms with van der Waals surface area (Å²) in [7, 11) is 0. The molecule has 1 aromatic carbocycles. The zero-order chi connectivity index (χ0) is 12.5. The summed E-state index contributed by atoms with van der Waals surface area (Å²) in [5.74, 6) is 0. The summed E-state index contributed by atoms with van der Waals surface area (Å²) < 4.78 is 0. The Hall–Kier alpha value is -1.30. The van der Waals surface area contributed by atoms with Gasteiger partial charge in [0.1, 0.15) is 0 Å². The van der Waals surface area contributed by atoms with Crippen LogP contribution in [0.2, 0.25) is 0 Å². The third kappa shape index (κ3) is 2.44. The Morgan fingerprint density at radius 2 is 1.81 bits per heavy atom. The lowest BCUT2D eigenvalue weighted by atomic mass is 9.82. The van der Waals surface area contributed by atoms with Gasteiger partial charge in [0.2, 0.25) is 0 Å². The van der Waals surface area contributed by atoms with Crippen LogP contribution >= 0.6 is 0 Å². The van der Waals surface area contributed by atoms with E-state index in [1.54, 1.807) is 0 Å². The fraction of sp³-hybridized carbons (Fsp3) is 0.375. The Kier molecular flexibility index (Phi) is 3.42. The fourth-order valence-electron chi connectivity index (χ4n) is 1.99. The van der Waals surface area contributed by atoms with Crippen LogP contribution in [0.4, 0.5) is 0 Å². The number of allylic oxidation sites excluding steroid dienone is 1. The van der Waals surface area contributed by atoms with Crippen LogP contribution in [-0.2, 0) is 5.41 Å². The Morgan fingerprint density at radius 1 is 1.25 bits per heavy atom. The van der Waals surface area contributed by atoms with E-state index in [1.807, 2.05) is 13.0 Å². The molecule has 0 heteroatoms. The second kappa shape index (κ2) is 4.29. The van der Waals surface area contributed by atoms with Crippen LogP contribution in [-0.4, -0.2) is 0 Å². The Balaban J connectivity index is 3.50. The van der Waals surface area contributed by atoms with Crippen LogP contribution in [0, 0.1) is 6.92 Å². The van der Waals surface area contributed by atoms with Crippen molar-refractivity contribution < 1.29 is 0 Å². The van der Waals surface area contributed by atoms with Crippen LogP contribution in [0.3, 0.4) is 0 Å². The standard InChI is InChI=1S/C16H22/c1-8-13-10-14(16(5,6)7)9-12(4)15(13)11(2)3/h8-10H,1-2H2,3-7H3. The molecule has 16 heavy (non-hydrogen) atoms. The molecule has 0 N–H and O–H groups in total. The quantitative estimate of drug-likeness (QED) is 0.652. The van der Waals surface area contributed by atoms with E-state index >= 15 is 0 Å². The molecule has 0 aromatic heterocycles. The SMILES string of the molecule is C=Cc1cc(C(C)(C)C)cc(C)c1C(=C)C. The van der Waals surface area contributed by atoms with Crippen molar-refractivity contribution in [2.45, 2.75) is 40.0 Å². The first-order valence-corrected chi connectivity index (χ1v) is 5.71. The van der Waals surface area contributed by atoms with Crippen molar-refractivity contribution in [3.05, 3.63) is 47.5 Å². The van der Waals surface area contributed by atoms with E-state index in [1.165, 1.54) is 22.3 Å². The summed E-state index contributed by atoms with van der Waals surface area (Å²) in [6.07, 6.45) is 1.92. The van der Waals surface area contributed by atoms with Gasteiger partial charge in [-0.3, -0.25) is 0 Å². The Bertz CT molecular complexity index is 428. The third-order valence-electron chi connectivity index (χ3n) is 2.88. The summed E-state index contributed by atoms with van der Waals surface area (Å²) in [5, 5.41) is 0. The van der Waals surface area contributed by atoms with Gasteiger partial charge in [0.25, 0.3) is 0 Å². The molecule has 0 radical (unpaired) electrons. The number of benzene rings is 1. The zero-order valence-electron chi connectivity index (χ0n) is 11.1. The van der Waals surface area contributed by atoms with Crippen LogP contribution in [0.1, 0.15) is 49.9 Å². The molecule has 1 rings (SSSR count). The van der Waals surface area contributed by atoms with Gasteiger partial charge in [-0.1, -0.05) is 57.7 Å². The van der Waals surface area contributed by atoms with E-state index in [9.17, 15) is 0 Å². The van der Waals surface area contributed by atoms with Crippen molar-refractivity contribution in [1.82, 2.24) is 0 Å². The maximum atomic E-state index is 4.04. The molecule has 0 saturated heterocycles. The van der Waals surface area contributed by atoms with Gasteiger partial charge in [-0.2, -0.15) is 0 Å². The first kappa shape index (κ1) is 12.8.